The number of hydrogen-bond donors (Lipinski definition) is 1. The molecule has 2 heteroatoms. The Morgan fingerprint density at radius 2 is 1.82 bits per heavy atom. The third kappa shape index (κ3) is 3.96. The van der Waals surface area contributed by atoms with Gasteiger partial charge in [0.15, 0.2) is 0 Å². The van der Waals surface area contributed by atoms with Gasteiger partial charge in [-0.1, -0.05) is 40.0 Å². The summed E-state index contributed by atoms with van der Waals surface area (Å²) in [4.78, 5) is 2.77. The van der Waals surface area contributed by atoms with Gasteiger partial charge in [0.2, 0.25) is 0 Å². The number of piperazine rings is 1. The van der Waals surface area contributed by atoms with Crippen molar-refractivity contribution in [2.75, 3.05) is 19.6 Å². The topological polar surface area (TPSA) is 15.3 Å². The molecule has 1 atom stereocenters. The molecule has 0 bridgehead atoms. The van der Waals surface area contributed by atoms with Gasteiger partial charge in [0.1, 0.15) is 0 Å². The lowest BCUT2D eigenvalue weighted by atomic mass is 9.87. The maximum Gasteiger partial charge on any atom is 0.0329 e. The van der Waals surface area contributed by atoms with E-state index in [0.29, 0.717) is 11.6 Å². The number of nitrogens with one attached hydrogen (secondary N) is 1. The highest BCUT2D eigenvalue weighted by Crippen LogP contribution is 2.27. The minimum absolute atomic E-state index is 0.429. The highest BCUT2D eigenvalue weighted by Gasteiger charge is 2.36. The quantitative estimate of drug-likeness (QED) is 0.686. The first kappa shape index (κ1) is 15.0. The van der Waals surface area contributed by atoms with E-state index in [-0.39, 0.29) is 0 Å². The smallest absolute Gasteiger partial charge is 0.0329 e. The van der Waals surface area contributed by atoms with Crippen molar-refractivity contribution in [2.24, 2.45) is 0 Å². The predicted molar refractivity (Wildman–Crippen MR) is 76.5 cm³/mol. The fraction of sp³-hybridized carbons (Fsp3) is 1.00. The van der Waals surface area contributed by atoms with Crippen LogP contribution in [-0.4, -0.2) is 36.1 Å². The summed E-state index contributed by atoms with van der Waals surface area (Å²) in [5.74, 6) is 0. The summed E-state index contributed by atoms with van der Waals surface area (Å²) in [7, 11) is 0. The van der Waals surface area contributed by atoms with Crippen molar-refractivity contribution < 1.29 is 0 Å². The van der Waals surface area contributed by atoms with E-state index in [1.165, 1.54) is 58.2 Å². The minimum atomic E-state index is 0.429. The van der Waals surface area contributed by atoms with Gasteiger partial charge in [-0.25, -0.2) is 0 Å². The van der Waals surface area contributed by atoms with Gasteiger partial charge >= 0.3 is 0 Å². The first-order valence-electron chi connectivity index (χ1n) is 7.67. The maximum atomic E-state index is 3.66. The Balaban J connectivity index is 2.49. The molecule has 0 aliphatic carbocycles. The Labute approximate surface area is 108 Å². The lowest BCUT2D eigenvalue weighted by Gasteiger charge is -2.49. The van der Waals surface area contributed by atoms with Crippen LogP contribution in [-0.2, 0) is 0 Å². The van der Waals surface area contributed by atoms with Crippen molar-refractivity contribution >= 4 is 0 Å². The molecule has 0 aromatic rings. The van der Waals surface area contributed by atoms with Crippen LogP contribution in [0.3, 0.4) is 0 Å². The fourth-order valence-electron chi connectivity index (χ4n) is 3.07. The van der Waals surface area contributed by atoms with Gasteiger partial charge < -0.3 is 5.32 Å². The summed E-state index contributed by atoms with van der Waals surface area (Å²) >= 11 is 0. The second kappa shape index (κ2) is 7.38. The molecule has 0 saturated carbocycles. The largest absolute Gasteiger partial charge is 0.311 e. The average Bonchev–Trinajstić information content (AvgIpc) is 2.36. The highest BCUT2D eigenvalue weighted by molar-refractivity contribution is 4.96. The molecule has 1 unspecified atom stereocenters. The van der Waals surface area contributed by atoms with E-state index >= 15 is 0 Å². The van der Waals surface area contributed by atoms with Gasteiger partial charge in [-0.3, -0.25) is 4.90 Å². The van der Waals surface area contributed by atoms with E-state index in [2.05, 4.69) is 37.9 Å². The van der Waals surface area contributed by atoms with Crippen molar-refractivity contribution in [2.45, 2.75) is 77.8 Å². The Bertz CT molecular complexity index is 199. The van der Waals surface area contributed by atoms with Crippen LogP contribution in [0.25, 0.3) is 0 Å². The standard InChI is InChI=1S/C15H32N2/c1-5-8-9-10-11-17-12-14(4)16-13-15(17,6-2)7-3/h14,16H,5-13H2,1-4H3. The first-order chi connectivity index (χ1) is 8.18. The van der Waals surface area contributed by atoms with Gasteiger partial charge in [0.25, 0.3) is 0 Å². The van der Waals surface area contributed by atoms with Gasteiger partial charge in [-0.05, 0) is 32.7 Å². The zero-order chi connectivity index (χ0) is 12.7. The van der Waals surface area contributed by atoms with Gasteiger partial charge in [-0.15, -0.1) is 0 Å². The molecule has 2 nitrogen and oxygen atoms in total. The molecule has 1 fully saturated rings. The van der Waals surface area contributed by atoms with Crippen LogP contribution in [0.2, 0.25) is 0 Å². The lowest BCUT2D eigenvalue weighted by Crippen LogP contribution is -2.63. The molecule has 1 aliphatic heterocycles. The maximum absolute atomic E-state index is 3.66. The van der Waals surface area contributed by atoms with Crippen LogP contribution in [0.15, 0.2) is 0 Å². The van der Waals surface area contributed by atoms with Crippen molar-refractivity contribution in [1.82, 2.24) is 10.2 Å². The van der Waals surface area contributed by atoms with Gasteiger partial charge in [0.05, 0.1) is 0 Å². The van der Waals surface area contributed by atoms with Crippen LogP contribution in [0.4, 0.5) is 0 Å². The molecule has 1 aliphatic rings. The molecule has 0 aromatic carbocycles. The molecule has 17 heavy (non-hydrogen) atoms. The Morgan fingerprint density at radius 3 is 2.41 bits per heavy atom. The van der Waals surface area contributed by atoms with E-state index in [1.54, 1.807) is 0 Å². The average molecular weight is 240 g/mol. The normalized spacial score (nSPS) is 25.1. The van der Waals surface area contributed by atoms with E-state index in [1.807, 2.05) is 0 Å². The van der Waals surface area contributed by atoms with Crippen molar-refractivity contribution in [1.29, 1.82) is 0 Å². The Kier molecular flexibility index (Phi) is 6.50. The van der Waals surface area contributed by atoms with Crippen LogP contribution in [0, 0.1) is 0 Å². The summed E-state index contributed by atoms with van der Waals surface area (Å²) in [6.07, 6.45) is 8.06. The molecule has 1 saturated heterocycles. The fourth-order valence-corrected chi connectivity index (χ4v) is 3.07. The molecule has 0 spiro atoms. The van der Waals surface area contributed by atoms with Crippen LogP contribution in [0.5, 0.6) is 0 Å². The molecule has 102 valence electrons. The van der Waals surface area contributed by atoms with Crippen molar-refractivity contribution in [3.05, 3.63) is 0 Å². The summed E-state index contributed by atoms with van der Waals surface area (Å²) < 4.78 is 0. The molecule has 0 radical (unpaired) electrons. The highest BCUT2D eigenvalue weighted by atomic mass is 15.3. The Hall–Kier alpha value is -0.0800. The van der Waals surface area contributed by atoms with Crippen molar-refractivity contribution in [3.8, 4) is 0 Å². The summed E-state index contributed by atoms with van der Waals surface area (Å²) in [6.45, 7) is 13.0. The molecular weight excluding hydrogens is 208 g/mol. The molecular formula is C15H32N2. The molecule has 1 rings (SSSR count). The lowest BCUT2D eigenvalue weighted by molar-refractivity contribution is 0.0335. The molecule has 1 N–H and O–H groups in total. The second-order valence-electron chi connectivity index (χ2n) is 5.72. The third-order valence-electron chi connectivity index (χ3n) is 4.54. The van der Waals surface area contributed by atoms with Crippen molar-refractivity contribution in [3.63, 3.8) is 0 Å². The second-order valence-corrected chi connectivity index (χ2v) is 5.72. The number of hydrogen-bond acceptors (Lipinski definition) is 2. The zero-order valence-corrected chi connectivity index (χ0v) is 12.4. The van der Waals surface area contributed by atoms with E-state index in [9.17, 15) is 0 Å². The van der Waals surface area contributed by atoms with Crippen LogP contribution in [0.1, 0.15) is 66.2 Å². The molecule has 0 amide bonds. The summed E-state index contributed by atoms with van der Waals surface area (Å²) in [5, 5.41) is 3.66. The zero-order valence-electron chi connectivity index (χ0n) is 12.4. The van der Waals surface area contributed by atoms with E-state index < -0.39 is 0 Å². The Morgan fingerprint density at radius 1 is 1.12 bits per heavy atom. The molecule has 0 aromatic heterocycles. The predicted octanol–water partition coefficient (Wildman–Crippen LogP) is 3.42. The third-order valence-corrected chi connectivity index (χ3v) is 4.54. The van der Waals surface area contributed by atoms with Crippen LogP contribution >= 0.6 is 0 Å². The van der Waals surface area contributed by atoms with Gasteiger partial charge in [-0.2, -0.15) is 0 Å². The molecule has 1 heterocycles. The number of rotatable bonds is 7. The van der Waals surface area contributed by atoms with E-state index in [4.69, 9.17) is 0 Å². The number of unbranched alkanes of at least 4 members (excludes halogenated alkanes) is 3. The SMILES string of the molecule is CCCCCCN1CC(C)NCC1(CC)CC. The van der Waals surface area contributed by atoms with E-state index in [0.717, 1.165) is 0 Å². The minimum Gasteiger partial charge on any atom is -0.311 e. The monoisotopic (exact) mass is 240 g/mol. The van der Waals surface area contributed by atoms with Gasteiger partial charge in [0, 0.05) is 24.7 Å². The summed E-state index contributed by atoms with van der Waals surface area (Å²) in [5.41, 5.74) is 0.429. The summed E-state index contributed by atoms with van der Waals surface area (Å²) in [6, 6.07) is 0.660. The first-order valence-corrected chi connectivity index (χ1v) is 7.67. The number of nitrogens with zero attached hydrogens (tertiary/aromatic N) is 1. The van der Waals surface area contributed by atoms with Crippen LogP contribution < -0.4 is 5.32 Å².